The van der Waals surface area contributed by atoms with Crippen LogP contribution in [0.15, 0.2) is 53.6 Å². The first-order valence-electron chi connectivity index (χ1n) is 6.70. The van der Waals surface area contributed by atoms with E-state index in [1.165, 1.54) is 24.4 Å². The van der Waals surface area contributed by atoms with E-state index in [-0.39, 0.29) is 11.5 Å². The number of hydrazone groups is 1. The van der Waals surface area contributed by atoms with Gasteiger partial charge in [0.05, 0.1) is 12.3 Å². The summed E-state index contributed by atoms with van der Waals surface area (Å²) in [6.45, 7) is 0. The summed E-state index contributed by atoms with van der Waals surface area (Å²) in [6.07, 6.45) is 1.68. The molecule has 0 radical (unpaired) electrons. The topological polar surface area (TPSA) is 108 Å². The standard InChI is InChI=1S/C16H17N3O3/c17-14(9-11-5-7-13(20)8-6-11)16(22)19-18-10-12-3-1-2-4-15(12)21/h1-8,10,14,20-21H,9,17H2,(H,19,22)/b18-10+/t14-/m1/s1. The maximum atomic E-state index is 11.8. The second-order valence-electron chi connectivity index (χ2n) is 4.77. The lowest BCUT2D eigenvalue weighted by Crippen LogP contribution is -2.39. The van der Waals surface area contributed by atoms with E-state index in [4.69, 9.17) is 5.73 Å². The molecule has 1 atom stereocenters. The van der Waals surface area contributed by atoms with Crippen LogP contribution < -0.4 is 11.2 Å². The second kappa shape index (κ2) is 7.24. The molecule has 0 aromatic heterocycles. The molecule has 5 N–H and O–H groups in total. The monoisotopic (exact) mass is 299 g/mol. The van der Waals surface area contributed by atoms with Crippen molar-refractivity contribution in [1.82, 2.24) is 5.43 Å². The van der Waals surface area contributed by atoms with Crippen LogP contribution in [0.1, 0.15) is 11.1 Å². The average Bonchev–Trinajstić information content (AvgIpc) is 2.51. The van der Waals surface area contributed by atoms with Gasteiger partial charge >= 0.3 is 0 Å². The molecule has 0 aliphatic rings. The van der Waals surface area contributed by atoms with Crippen LogP contribution in [-0.2, 0) is 11.2 Å². The molecule has 0 saturated heterocycles. The van der Waals surface area contributed by atoms with Gasteiger partial charge in [-0.25, -0.2) is 5.43 Å². The number of para-hydroxylation sites is 1. The molecular weight excluding hydrogens is 282 g/mol. The summed E-state index contributed by atoms with van der Waals surface area (Å²) in [6, 6.07) is 12.4. The number of hydrogen-bond acceptors (Lipinski definition) is 5. The number of amides is 1. The highest BCUT2D eigenvalue weighted by atomic mass is 16.3. The van der Waals surface area contributed by atoms with Crippen molar-refractivity contribution >= 4 is 12.1 Å². The highest BCUT2D eigenvalue weighted by Crippen LogP contribution is 2.12. The molecule has 6 heteroatoms. The van der Waals surface area contributed by atoms with Crippen LogP contribution in [0.25, 0.3) is 0 Å². The van der Waals surface area contributed by atoms with Crippen LogP contribution in [0, 0.1) is 0 Å². The molecule has 1 amide bonds. The summed E-state index contributed by atoms with van der Waals surface area (Å²) < 4.78 is 0. The van der Waals surface area contributed by atoms with E-state index >= 15 is 0 Å². The van der Waals surface area contributed by atoms with Crippen molar-refractivity contribution < 1.29 is 15.0 Å². The number of carbonyl (C=O) groups excluding carboxylic acids is 1. The Morgan fingerprint density at radius 3 is 2.55 bits per heavy atom. The summed E-state index contributed by atoms with van der Waals surface area (Å²) >= 11 is 0. The van der Waals surface area contributed by atoms with E-state index in [0.717, 1.165) is 5.56 Å². The molecule has 114 valence electrons. The second-order valence-corrected chi connectivity index (χ2v) is 4.77. The molecule has 0 aliphatic heterocycles. The molecule has 0 saturated carbocycles. The molecule has 0 spiro atoms. The average molecular weight is 299 g/mol. The van der Waals surface area contributed by atoms with Crippen molar-refractivity contribution in [3.05, 3.63) is 59.7 Å². The zero-order valence-corrected chi connectivity index (χ0v) is 11.8. The maximum Gasteiger partial charge on any atom is 0.257 e. The Morgan fingerprint density at radius 1 is 1.18 bits per heavy atom. The fourth-order valence-corrected chi connectivity index (χ4v) is 1.82. The quantitative estimate of drug-likeness (QED) is 0.490. The van der Waals surface area contributed by atoms with Gasteiger partial charge in [-0.05, 0) is 36.2 Å². The molecule has 2 rings (SSSR count). The largest absolute Gasteiger partial charge is 0.508 e. The van der Waals surface area contributed by atoms with Gasteiger partial charge in [-0.3, -0.25) is 4.79 Å². The fourth-order valence-electron chi connectivity index (χ4n) is 1.82. The molecule has 2 aromatic rings. The fraction of sp³-hybridized carbons (Fsp3) is 0.125. The van der Waals surface area contributed by atoms with E-state index in [9.17, 15) is 15.0 Å². The van der Waals surface area contributed by atoms with Crippen molar-refractivity contribution in [2.75, 3.05) is 0 Å². The number of nitrogens with two attached hydrogens (primary N) is 1. The lowest BCUT2D eigenvalue weighted by molar-refractivity contribution is -0.122. The van der Waals surface area contributed by atoms with E-state index in [1.807, 2.05) is 0 Å². The first-order valence-corrected chi connectivity index (χ1v) is 6.70. The summed E-state index contributed by atoms with van der Waals surface area (Å²) in [5, 5.41) is 22.5. The van der Waals surface area contributed by atoms with Crippen molar-refractivity contribution in [3.8, 4) is 11.5 Å². The first-order chi connectivity index (χ1) is 10.6. The Bertz CT molecular complexity index is 669. The third-order valence-corrected chi connectivity index (χ3v) is 3.04. The van der Waals surface area contributed by atoms with Crippen LogP contribution in [0.5, 0.6) is 11.5 Å². The molecule has 0 unspecified atom stereocenters. The van der Waals surface area contributed by atoms with Gasteiger partial charge in [0.1, 0.15) is 11.5 Å². The third kappa shape index (κ3) is 4.32. The number of nitrogens with zero attached hydrogens (tertiary/aromatic N) is 1. The SMILES string of the molecule is N[C@H](Cc1ccc(O)cc1)C(=O)N/N=C/c1ccccc1O. The summed E-state index contributed by atoms with van der Waals surface area (Å²) in [5.74, 6) is -0.192. The number of rotatable bonds is 5. The van der Waals surface area contributed by atoms with Gasteiger partial charge in [0.25, 0.3) is 5.91 Å². The van der Waals surface area contributed by atoms with E-state index < -0.39 is 11.9 Å². The molecule has 2 aromatic carbocycles. The molecule has 6 nitrogen and oxygen atoms in total. The Kier molecular flexibility index (Phi) is 5.11. The summed E-state index contributed by atoms with van der Waals surface area (Å²) in [4.78, 5) is 11.8. The molecule has 0 bridgehead atoms. The Balaban J connectivity index is 1.89. The highest BCUT2D eigenvalue weighted by molar-refractivity contribution is 5.86. The minimum Gasteiger partial charge on any atom is -0.508 e. The van der Waals surface area contributed by atoms with Crippen molar-refractivity contribution in [3.63, 3.8) is 0 Å². The first kappa shape index (κ1) is 15.5. The van der Waals surface area contributed by atoms with Gasteiger partial charge < -0.3 is 15.9 Å². The highest BCUT2D eigenvalue weighted by Gasteiger charge is 2.13. The van der Waals surface area contributed by atoms with Gasteiger partial charge in [0.2, 0.25) is 0 Å². The number of benzene rings is 2. The van der Waals surface area contributed by atoms with Crippen LogP contribution in [-0.4, -0.2) is 28.4 Å². The molecule has 0 aliphatic carbocycles. The minimum absolute atomic E-state index is 0.0777. The number of phenolic OH excluding ortho intramolecular Hbond substituents is 2. The number of nitrogens with one attached hydrogen (secondary N) is 1. The Labute approximate surface area is 127 Å². The molecule has 0 heterocycles. The number of phenols is 2. The van der Waals surface area contributed by atoms with Gasteiger partial charge in [-0.1, -0.05) is 24.3 Å². The molecular formula is C16H17N3O3. The van der Waals surface area contributed by atoms with Crippen LogP contribution in [0.4, 0.5) is 0 Å². The van der Waals surface area contributed by atoms with Crippen molar-refractivity contribution in [2.45, 2.75) is 12.5 Å². The number of hydrogen-bond donors (Lipinski definition) is 4. The van der Waals surface area contributed by atoms with Gasteiger partial charge in [-0.15, -0.1) is 0 Å². The minimum atomic E-state index is -0.758. The van der Waals surface area contributed by atoms with Gasteiger partial charge in [0.15, 0.2) is 0 Å². The summed E-state index contributed by atoms with van der Waals surface area (Å²) in [7, 11) is 0. The third-order valence-electron chi connectivity index (χ3n) is 3.04. The molecule has 0 fully saturated rings. The Hall–Kier alpha value is -2.86. The predicted octanol–water partition coefficient (Wildman–Crippen LogP) is 1.12. The van der Waals surface area contributed by atoms with Gasteiger partial charge in [-0.2, -0.15) is 5.10 Å². The maximum absolute atomic E-state index is 11.8. The van der Waals surface area contributed by atoms with Crippen molar-refractivity contribution in [1.29, 1.82) is 0 Å². The molecule has 22 heavy (non-hydrogen) atoms. The smallest absolute Gasteiger partial charge is 0.257 e. The van der Waals surface area contributed by atoms with E-state index in [0.29, 0.717) is 12.0 Å². The zero-order valence-electron chi connectivity index (χ0n) is 11.8. The van der Waals surface area contributed by atoms with Crippen LogP contribution >= 0.6 is 0 Å². The van der Waals surface area contributed by atoms with Crippen LogP contribution in [0.3, 0.4) is 0 Å². The van der Waals surface area contributed by atoms with Crippen LogP contribution in [0.2, 0.25) is 0 Å². The summed E-state index contributed by atoms with van der Waals surface area (Å²) in [5.41, 5.74) is 9.47. The van der Waals surface area contributed by atoms with Crippen molar-refractivity contribution in [2.24, 2.45) is 10.8 Å². The number of carbonyl (C=O) groups is 1. The number of aromatic hydroxyl groups is 2. The lowest BCUT2D eigenvalue weighted by atomic mass is 10.1. The normalized spacial score (nSPS) is 12.2. The lowest BCUT2D eigenvalue weighted by Gasteiger charge is -2.09. The van der Waals surface area contributed by atoms with E-state index in [1.54, 1.807) is 30.3 Å². The predicted molar refractivity (Wildman–Crippen MR) is 83.6 cm³/mol. The zero-order chi connectivity index (χ0) is 15.9. The Morgan fingerprint density at radius 2 is 1.86 bits per heavy atom. The van der Waals surface area contributed by atoms with E-state index in [2.05, 4.69) is 10.5 Å². The van der Waals surface area contributed by atoms with Gasteiger partial charge in [0, 0.05) is 5.56 Å².